The number of hydrogen-bond donors (Lipinski definition) is 0. The molecule has 2 nitrogen and oxygen atoms in total. The summed E-state index contributed by atoms with van der Waals surface area (Å²) in [5.41, 5.74) is 5.74. The van der Waals surface area contributed by atoms with Crippen molar-refractivity contribution in [3.05, 3.63) is 29.3 Å². The van der Waals surface area contributed by atoms with E-state index in [1.807, 2.05) is 0 Å². The Balaban J connectivity index is 2.29. The van der Waals surface area contributed by atoms with Crippen LogP contribution in [0, 0.1) is 11.5 Å². The monoisotopic (exact) mass is 330 g/mol. The Morgan fingerprint density at radius 3 is 2.48 bits per heavy atom. The van der Waals surface area contributed by atoms with Gasteiger partial charge in [-0.2, -0.15) is 0 Å². The van der Waals surface area contributed by atoms with Crippen LogP contribution in [0.2, 0.25) is 19.6 Å². The third-order valence-corrected chi connectivity index (χ3v) is 4.64. The van der Waals surface area contributed by atoms with Gasteiger partial charge in [0.1, 0.15) is 13.8 Å². The van der Waals surface area contributed by atoms with Crippen molar-refractivity contribution in [2.24, 2.45) is 0 Å². The van der Waals surface area contributed by atoms with Gasteiger partial charge in [-0.05, 0) is 36.5 Å². The predicted molar refractivity (Wildman–Crippen MR) is 99.6 cm³/mol. The summed E-state index contributed by atoms with van der Waals surface area (Å²) in [4.78, 5) is 0. The van der Waals surface area contributed by atoms with Gasteiger partial charge in [0.25, 0.3) is 0 Å². The molecule has 1 aliphatic rings. The van der Waals surface area contributed by atoms with Crippen molar-refractivity contribution >= 4 is 8.07 Å². The zero-order chi connectivity index (χ0) is 17.1. The molecule has 23 heavy (non-hydrogen) atoms. The Bertz CT molecular complexity index is 591. The SMILES string of the molecule is CC(C)(C)c1cc(C#C[Si](C)(C)C)ccc1OC1CCCCO1. The third kappa shape index (κ3) is 5.71. The molecule has 1 aromatic carbocycles. The van der Waals surface area contributed by atoms with Gasteiger partial charge in [-0.3, -0.25) is 0 Å². The smallest absolute Gasteiger partial charge is 0.199 e. The maximum absolute atomic E-state index is 6.15. The van der Waals surface area contributed by atoms with Gasteiger partial charge in [-0.15, -0.1) is 5.54 Å². The van der Waals surface area contributed by atoms with E-state index in [9.17, 15) is 0 Å². The lowest BCUT2D eigenvalue weighted by atomic mass is 9.85. The van der Waals surface area contributed by atoms with Crippen molar-refractivity contribution in [3.8, 4) is 17.2 Å². The van der Waals surface area contributed by atoms with Crippen molar-refractivity contribution in [2.45, 2.75) is 71.4 Å². The van der Waals surface area contributed by atoms with Crippen molar-refractivity contribution in [3.63, 3.8) is 0 Å². The molecule has 0 aromatic heterocycles. The molecule has 1 fully saturated rings. The maximum atomic E-state index is 6.15. The second-order valence-corrected chi connectivity index (χ2v) is 13.1. The van der Waals surface area contributed by atoms with Gasteiger partial charge in [-0.25, -0.2) is 0 Å². The first-order chi connectivity index (χ1) is 10.6. The largest absolute Gasteiger partial charge is 0.465 e. The lowest BCUT2D eigenvalue weighted by molar-refractivity contribution is -0.106. The van der Waals surface area contributed by atoms with Crippen LogP contribution in [0.5, 0.6) is 5.75 Å². The van der Waals surface area contributed by atoms with Crippen LogP contribution in [0.25, 0.3) is 0 Å². The molecule has 126 valence electrons. The molecular formula is C20H30O2Si. The molecule has 0 amide bonds. The van der Waals surface area contributed by atoms with Crippen LogP contribution < -0.4 is 4.74 Å². The topological polar surface area (TPSA) is 18.5 Å². The maximum Gasteiger partial charge on any atom is 0.199 e. The summed E-state index contributed by atoms with van der Waals surface area (Å²) in [6, 6.07) is 6.32. The first-order valence-electron chi connectivity index (χ1n) is 8.61. The number of ether oxygens (including phenoxy) is 2. The third-order valence-electron chi connectivity index (χ3n) is 3.77. The average molecular weight is 331 g/mol. The van der Waals surface area contributed by atoms with E-state index in [2.05, 4.69) is 70.1 Å². The molecule has 0 bridgehead atoms. The lowest BCUT2D eigenvalue weighted by Gasteiger charge is -2.28. The summed E-state index contributed by atoms with van der Waals surface area (Å²) in [7, 11) is -1.36. The first kappa shape index (κ1) is 18.1. The molecule has 0 radical (unpaired) electrons. The van der Waals surface area contributed by atoms with Crippen molar-refractivity contribution in [1.82, 2.24) is 0 Å². The number of rotatable bonds is 2. The molecule has 1 heterocycles. The van der Waals surface area contributed by atoms with Crippen LogP contribution in [-0.2, 0) is 10.2 Å². The molecular weight excluding hydrogens is 300 g/mol. The molecule has 2 rings (SSSR count). The molecule has 1 aliphatic heterocycles. The molecule has 3 heteroatoms. The van der Waals surface area contributed by atoms with E-state index in [0.29, 0.717) is 0 Å². The minimum absolute atomic E-state index is 0.0147. The fraction of sp³-hybridized carbons (Fsp3) is 0.600. The van der Waals surface area contributed by atoms with Gasteiger partial charge >= 0.3 is 0 Å². The summed E-state index contributed by atoms with van der Waals surface area (Å²) in [5, 5.41) is 0. The molecule has 1 atom stereocenters. The molecule has 1 aromatic rings. The minimum atomic E-state index is -1.36. The van der Waals surface area contributed by atoms with Crippen molar-refractivity contribution < 1.29 is 9.47 Å². The van der Waals surface area contributed by atoms with Crippen LogP contribution in [0.4, 0.5) is 0 Å². The Labute approximate surface area is 142 Å². The lowest BCUT2D eigenvalue weighted by Crippen LogP contribution is -2.26. The summed E-state index contributed by atoms with van der Waals surface area (Å²) in [6.45, 7) is 14.2. The molecule has 0 spiro atoms. The Kier molecular flexibility index (Phi) is 5.60. The van der Waals surface area contributed by atoms with E-state index in [1.54, 1.807) is 0 Å². The second-order valence-electron chi connectivity index (χ2n) is 8.37. The average Bonchev–Trinajstić information content (AvgIpc) is 2.45. The van der Waals surface area contributed by atoms with Gasteiger partial charge in [0.05, 0.1) is 6.61 Å². The summed E-state index contributed by atoms with van der Waals surface area (Å²) < 4.78 is 11.9. The van der Waals surface area contributed by atoms with E-state index in [-0.39, 0.29) is 11.7 Å². The van der Waals surface area contributed by atoms with Crippen LogP contribution in [-0.4, -0.2) is 21.0 Å². The highest BCUT2D eigenvalue weighted by Gasteiger charge is 2.23. The normalized spacial score (nSPS) is 19.0. The van der Waals surface area contributed by atoms with Crippen LogP contribution in [0.3, 0.4) is 0 Å². The van der Waals surface area contributed by atoms with Gasteiger partial charge in [0, 0.05) is 17.5 Å². The standard InChI is InChI=1S/C20H30O2Si/c1-20(2,3)17-15-16(12-14-23(4,5)6)10-11-18(17)22-19-9-7-8-13-21-19/h10-11,15,19H,7-9,13H2,1-6H3. The molecule has 0 saturated carbocycles. The van der Waals surface area contributed by atoms with Gasteiger partial charge < -0.3 is 9.47 Å². The quantitative estimate of drug-likeness (QED) is 0.553. The minimum Gasteiger partial charge on any atom is -0.465 e. The van der Waals surface area contributed by atoms with E-state index in [1.165, 1.54) is 12.0 Å². The highest BCUT2D eigenvalue weighted by molar-refractivity contribution is 6.83. The summed E-state index contributed by atoms with van der Waals surface area (Å²) in [5.74, 6) is 4.29. The Hall–Kier alpha value is -1.24. The van der Waals surface area contributed by atoms with Crippen LogP contribution in [0.15, 0.2) is 18.2 Å². The fourth-order valence-electron chi connectivity index (χ4n) is 2.50. The number of benzene rings is 1. The summed E-state index contributed by atoms with van der Waals surface area (Å²) in [6.07, 6.45) is 3.18. The molecule has 1 unspecified atom stereocenters. The van der Waals surface area contributed by atoms with Gasteiger partial charge in [-0.1, -0.05) is 46.3 Å². The molecule has 0 aliphatic carbocycles. The predicted octanol–water partition coefficient (Wildman–Crippen LogP) is 5.12. The Morgan fingerprint density at radius 1 is 1.17 bits per heavy atom. The zero-order valence-electron chi connectivity index (χ0n) is 15.5. The van der Waals surface area contributed by atoms with E-state index >= 15 is 0 Å². The molecule has 0 N–H and O–H groups in total. The fourth-order valence-corrected chi connectivity index (χ4v) is 3.02. The summed E-state index contributed by atoms with van der Waals surface area (Å²) >= 11 is 0. The first-order valence-corrected chi connectivity index (χ1v) is 12.1. The van der Waals surface area contributed by atoms with Crippen molar-refractivity contribution in [1.29, 1.82) is 0 Å². The van der Waals surface area contributed by atoms with Crippen LogP contribution in [0.1, 0.15) is 51.2 Å². The number of hydrogen-bond acceptors (Lipinski definition) is 2. The second kappa shape index (κ2) is 7.11. The van der Waals surface area contributed by atoms with Gasteiger partial charge in [0.2, 0.25) is 0 Å². The van der Waals surface area contributed by atoms with E-state index in [4.69, 9.17) is 9.47 Å². The van der Waals surface area contributed by atoms with Gasteiger partial charge in [0.15, 0.2) is 6.29 Å². The van der Waals surface area contributed by atoms with Crippen LogP contribution >= 0.6 is 0 Å². The van der Waals surface area contributed by atoms with Crippen molar-refractivity contribution in [2.75, 3.05) is 6.61 Å². The molecule has 1 saturated heterocycles. The highest BCUT2D eigenvalue weighted by Crippen LogP contribution is 2.33. The zero-order valence-corrected chi connectivity index (χ0v) is 16.5. The van der Waals surface area contributed by atoms with E-state index in [0.717, 1.165) is 30.8 Å². The van der Waals surface area contributed by atoms with E-state index < -0.39 is 8.07 Å². The highest BCUT2D eigenvalue weighted by atomic mass is 28.3. The Morgan fingerprint density at radius 2 is 1.91 bits per heavy atom.